The fourth-order valence-electron chi connectivity index (χ4n) is 2.37. The molecule has 3 unspecified atom stereocenters. The lowest BCUT2D eigenvalue weighted by atomic mass is 9.80. The van der Waals surface area contributed by atoms with Crippen molar-refractivity contribution in [3.63, 3.8) is 0 Å². The molecule has 1 nitrogen and oxygen atoms in total. The van der Waals surface area contributed by atoms with Crippen molar-refractivity contribution in [1.82, 2.24) is 5.32 Å². The zero-order valence-electron chi connectivity index (χ0n) is 10.3. The summed E-state index contributed by atoms with van der Waals surface area (Å²) in [5.74, 6) is 2.65. The van der Waals surface area contributed by atoms with Crippen LogP contribution in [-0.4, -0.2) is 12.6 Å². The Morgan fingerprint density at radius 3 is 2.57 bits per heavy atom. The first-order chi connectivity index (χ1) is 6.59. The van der Waals surface area contributed by atoms with Gasteiger partial charge in [0.05, 0.1) is 0 Å². The van der Waals surface area contributed by atoms with Crippen molar-refractivity contribution in [3.8, 4) is 0 Å². The van der Waals surface area contributed by atoms with Crippen LogP contribution in [0.4, 0.5) is 0 Å². The van der Waals surface area contributed by atoms with Crippen molar-refractivity contribution in [3.05, 3.63) is 0 Å². The molecule has 1 N–H and O–H groups in total. The van der Waals surface area contributed by atoms with E-state index in [1.807, 2.05) is 0 Å². The minimum Gasteiger partial charge on any atom is -0.314 e. The van der Waals surface area contributed by atoms with Crippen LogP contribution in [0, 0.1) is 17.8 Å². The lowest BCUT2D eigenvalue weighted by Crippen LogP contribution is -2.40. The zero-order chi connectivity index (χ0) is 10.6. The molecule has 1 aliphatic rings. The summed E-state index contributed by atoms with van der Waals surface area (Å²) in [5.41, 5.74) is 0. The van der Waals surface area contributed by atoms with Gasteiger partial charge in [-0.2, -0.15) is 0 Å². The van der Waals surface area contributed by atoms with Crippen LogP contribution in [0.2, 0.25) is 0 Å². The fourth-order valence-corrected chi connectivity index (χ4v) is 2.37. The van der Waals surface area contributed by atoms with E-state index in [4.69, 9.17) is 0 Å². The van der Waals surface area contributed by atoms with E-state index in [2.05, 4.69) is 33.0 Å². The van der Waals surface area contributed by atoms with Gasteiger partial charge < -0.3 is 5.32 Å². The summed E-state index contributed by atoms with van der Waals surface area (Å²) < 4.78 is 0. The molecule has 1 aliphatic carbocycles. The molecular formula is C13H27N. The van der Waals surface area contributed by atoms with Gasteiger partial charge in [0, 0.05) is 6.04 Å². The molecule has 1 heteroatoms. The topological polar surface area (TPSA) is 12.0 Å². The lowest BCUT2D eigenvalue weighted by Gasteiger charge is -2.33. The van der Waals surface area contributed by atoms with Crippen LogP contribution in [-0.2, 0) is 0 Å². The van der Waals surface area contributed by atoms with Gasteiger partial charge in [0.25, 0.3) is 0 Å². The van der Waals surface area contributed by atoms with Crippen LogP contribution in [0.1, 0.15) is 53.4 Å². The SMILES string of the molecule is CC(C)CCNC1CC(C)CCC1C. The summed E-state index contributed by atoms with van der Waals surface area (Å²) in [4.78, 5) is 0. The van der Waals surface area contributed by atoms with Crippen molar-refractivity contribution >= 4 is 0 Å². The van der Waals surface area contributed by atoms with E-state index in [9.17, 15) is 0 Å². The predicted molar refractivity (Wildman–Crippen MR) is 63.4 cm³/mol. The van der Waals surface area contributed by atoms with Crippen molar-refractivity contribution in [1.29, 1.82) is 0 Å². The summed E-state index contributed by atoms with van der Waals surface area (Å²) in [5, 5.41) is 3.73. The van der Waals surface area contributed by atoms with Crippen LogP contribution in [0.25, 0.3) is 0 Å². The molecule has 1 fully saturated rings. The molecule has 84 valence electrons. The maximum Gasteiger partial charge on any atom is 0.00952 e. The Kier molecular flexibility index (Phi) is 4.94. The van der Waals surface area contributed by atoms with Crippen LogP contribution in [0.5, 0.6) is 0 Å². The molecule has 1 saturated carbocycles. The first-order valence-corrected chi connectivity index (χ1v) is 6.33. The largest absolute Gasteiger partial charge is 0.314 e. The van der Waals surface area contributed by atoms with E-state index in [1.165, 1.54) is 32.2 Å². The van der Waals surface area contributed by atoms with Gasteiger partial charge in [0.2, 0.25) is 0 Å². The Hall–Kier alpha value is -0.0400. The third kappa shape index (κ3) is 4.00. The van der Waals surface area contributed by atoms with Gasteiger partial charge in [-0.3, -0.25) is 0 Å². The predicted octanol–water partition coefficient (Wildman–Crippen LogP) is 3.45. The van der Waals surface area contributed by atoms with E-state index in [0.29, 0.717) is 0 Å². The summed E-state index contributed by atoms with van der Waals surface area (Å²) >= 11 is 0. The number of hydrogen-bond donors (Lipinski definition) is 1. The standard InChI is InChI=1S/C13H27N/c1-10(2)7-8-14-13-9-11(3)5-6-12(13)4/h10-14H,5-9H2,1-4H3. The molecule has 14 heavy (non-hydrogen) atoms. The fraction of sp³-hybridized carbons (Fsp3) is 1.00. The zero-order valence-corrected chi connectivity index (χ0v) is 10.3. The third-order valence-electron chi connectivity index (χ3n) is 3.59. The van der Waals surface area contributed by atoms with Crippen LogP contribution >= 0.6 is 0 Å². The van der Waals surface area contributed by atoms with Crippen LogP contribution < -0.4 is 5.32 Å². The minimum absolute atomic E-state index is 0.789. The van der Waals surface area contributed by atoms with E-state index in [1.54, 1.807) is 0 Å². The average molecular weight is 197 g/mol. The highest BCUT2D eigenvalue weighted by molar-refractivity contribution is 4.81. The van der Waals surface area contributed by atoms with Gasteiger partial charge in [-0.25, -0.2) is 0 Å². The molecule has 3 atom stereocenters. The molecule has 0 aliphatic heterocycles. The second-order valence-corrected chi connectivity index (χ2v) is 5.64. The number of rotatable bonds is 4. The number of hydrogen-bond acceptors (Lipinski definition) is 1. The first-order valence-electron chi connectivity index (χ1n) is 6.33. The van der Waals surface area contributed by atoms with Crippen molar-refractivity contribution in [2.45, 2.75) is 59.4 Å². The van der Waals surface area contributed by atoms with Crippen LogP contribution in [0.3, 0.4) is 0 Å². The molecule has 0 radical (unpaired) electrons. The Labute approximate surface area is 89.7 Å². The monoisotopic (exact) mass is 197 g/mol. The highest BCUT2D eigenvalue weighted by Gasteiger charge is 2.24. The molecule has 0 heterocycles. The van der Waals surface area contributed by atoms with Crippen molar-refractivity contribution in [2.75, 3.05) is 6.54 Å². The molecule has 1 rings (SSSR count). The highest BCUT2D eigenvalue weighted by Crippen LogP contribution is 2.28. The van der Waals surface area contributed by atoms with Gasteiger partial charge in [-0.05, 0) is 43.6 Å². The van der Waals surface area contributed by atoms with Crippen LogP contribution in [0.15, 0.2) is 0 Å². The summed E-state index contributed by atoms with van der Waals surface area (Å²) in [6, 6.07) is 0.789. The average Bonchev–Trinajstić information content (AvgIpc) is 2.10. The van der Waals surface area contributed by atoms with Gasteiger partial charge in [0.15, 0.2) is 0 Å². The summed E-state index contributed by atoms with van der Waals surface area (Å²) in [6.45, 7) is 10.6. The lowest BCUT2D eigenvalue weighted by molar-refractivity contribution is 0.226. The van der Waals surface area contributed by atoms with E-state index >= 15 is 0 Å². The molecule has 0 spiro atoms. The maximum atomic E-state index is 3.73. The summed E-state index contributed by atoms with van der Waals surface area (Å²) in [7, 11) is 0. The number of nitrogens with one attached hydrogen (secondary N) is 1. The molecule has 0 saturated heterocycles. The van der Waals surface area contributed by atoms with Gasteiger partial charge in [-0.15, -0.1) is 0 Å². The van der Waals surface area contributed by atoms with E-state index in [0.717, 1.165) is 23.8 Å². The Morgan fingerprint density at radius 1 is 1.21 bits per heavy atom. The molecule has 0 bridgehead atoms. The molecule has 0 aromatic carbocycles. The summed E-state index contributed by atoms with van der Waals surface area (Å²) in [6.07, 6.45) is 5.56. The van der Waals surface area contributed by atoms with E-state index < -0.39 is 0 Å². The Morgan fingerprint density at radius 2 is 1.93 bits per heavy atom. The molecule has 0 aromatic heterocycles. The highest BCUT2D eigenvalue weighted by atomic mass is 14.9. The third-order valence-corrected chi connectivity index (χ3v) is 3.59. The smallest absolute Gasteiger partial charge is 0.00952 e. The second kappa shape index (κ2) is 5.75. The normalized spacial score (nSPS) is 33.6. The van der Waals surface area contributed by atoms with Gasteiger partial charge in [-0.1, -0.05) is 34.1 Å². The van der Waals surface area contributed by atoms with Crippen molar-refractivity contribution < 1.29 is 0 Å². The Balaban J connectivity index is 2.20. The molecule has 0 amide bonds. The first kappa shape index (κ1) is 12.0. The second-order valence-electron chi connectivity index (χ2n) is 5.64. The molecule has 0 aromatic rings. The maximum absolute atomic E-state index is 3.73. The van der Waals surface area contributed by atoms with Gasteiger partial charge >= 0.3 is 0 Å². The molecular weight excluding hydrogens is 170 g/mol. The Bertz CT molecular complexity index is 153. The van der Waals surface area contributed by atoms with Gasteiger partial charge in [0.1, 0.15) is 0 Å². The van der Waals surface area contributed by atoms with E-state index in [-0.39, 0.29) is 0 Å². The minimum atomic E-state index is 0.789. The quantitative estimate of drug-likeness (QED) is 0.728. The van der Waals surface area contributed by atoms with Crippen molar-refractivity contribution in [2.24, 2.45) is 17.8 Å².